The number of hydrogen-bond donors (Lipinski definition) is 1. The van der Waals surface area contributed by atoms with Crippen molar-refractivity contribution in [2.75, 3.05) is 0 Å². The fourth-order valence-corrected chi connectivity index (χ4v) is 8.86. The van der Waals surface area contributed by atoms with Crippen molar-refractivity contribution in [1.82, 2.24) is 25.1 Å². The zero-order chi connectivity index (χ0) is 25.6. The van der Waals surface area contributed by atoms with Crippen LogP contribution in [0, 0.1) is 12.8 Å². The van der Waals surface area contributed by atoms with Gasteiger partial charge in [0, 0.05) is 44.3 Å². The number of aryl methyl sites for hydroxylation is 2. The first-order valence-electron chi connectivity index (χ1n) is 13.1. The van der Waals surface area contributed by atoms with Gasteiger partial charge in [0.1, 0.15) is 16.4 Å². The van der Waals surface area contributed by atoms with E-state index >= 15 is 0 Å². The normalized spacial score (nSPS) is 22.2. The largest absolute Gasteiger partial charge is 0.353 e. The highest BCUT2D eigenvalue weighted by Gasteiger charge is 2.52. The molecule has 0 saturated heterocycles. The van der Waals surface area contributed by atoms with E-state index in [-0.39, 0.29) is 23.4 Å². The molecular formula is C28H25ClN6OS2. The van der Waals surface area contributed by atoms with E-state index in [1.165, 1.54) is 21.0 Å². The predicted octanol–water partition coefficient (Wildman–Crippen LogP) is 4.98. The smallest absolute Gasteiger partial charge is 0.224 e. The molecule has 4 aliphatic rings. The Labute approximate surface area is 233 Å². The SMILES string of the molecule is Cc1nnc2n1-c1sc3c(c1C(c1ccccc1Cl)=NC21CC1)C[C@H](C(=O)NC1CCc2ncsc2C1)C3. The van der Waals surface area contributed by atoms with E-state index in [1.54, 1.807) is 22.7 Å². The molecule has 4 heterocycles. The molecule has 1 unspecified atom stereocenters. The fourth-order valence-electron chi connectivity index (χ4n) is 6.28. The first-order chi connectivity index (χ1) is 18.5. The van der Waals surface area contributed by atoms with Crippen molar-refractivity contribution < 1.29 is 4.79 Å². The average molecular weight is 561 g/mol. The Hall–Kier alpha value is -2.88. The molecule has 7 nitrogen and oxygen atoms in total. The van der Waals surface area contributed by atoms with Crippen molar-refractivity contribution in [3.8, 4) is 5.00 Å². The van der Waals surface area contributed by atoms with Gasteiger partial charge in [-0.1, -0.05) is 29.8 Å². The number of nitrogens with one attached hydrogen (secondary N) is 1. The Morgan fingerprint density at radius 2 is 2.03 bits per heavy atom. The lowest BCUT2D eigenvalue weighted by molar-refractivity contribution is -0.125. The topological polar surface area (TPSA) is 85.1 Å². The maximum absolute atomic E-state index is 13.5. The number of hydrogen-bond acceptors (Lipinski definition) is 7. The van der Waals surface area contributed by atoms with E-state index in [0.717, 1.165) is 72.0 Å². The summed E-state index contributed by atoms with van der Waals surface area (Å²) in [6.45, 7) is 2.01. The van der Waals surface area contributed by atoms with Crippen LogP contribution in [0.25, 0.3) is 5.00 Å². The molecule has 192 valence electrons. The number of aliphatic imine (C=N–C) groups is 1. The Balaban J connectivity index is 1.17. The van der Waals surface area contributed by atoms with Crippen LogP contribution in [0.15, 0.2) is 34.8 Å². The Kier molecular flexibility index (Phi) is 5.04. The van der Waals surface area contributed by atoms with Gasteiger partial charge in [0.2, 0.25) is 5.91 Å². The molecule has 1 spiro atoms. The van der Waals surface area contributed by atoms with Gasteiger partial charge in [-0.2, -0.15) is 0 Å². The van der Waals surface area contributed by atoms with Crippen LogP contribution >= 0.6 is 34.3 Å². The van der Waals surface area contributed by atoms with Crippen LogP contribution in [0.4, 0.5) is 0 Å². The number of carbonyl (C=O) groups excluding carboxylic acids is 1. The van der Waals surface area contributed by atoms with Crippen LogP contribution in [0.1, 0.15) is 63.0 Å². The van der Waals surface area contributed by atoms with E-state index in [4.69, 9.17) is 16.6 Å². The van der Waals surface area contributed by atoms with Crippen LogP contribution < -0.4 is 5.32 Å². The molecule has 1 saturated carbocycles. The van der Waals surface area contributed by atoms with Gasteiger partial charge in [-0.25, -0.2) is 4.98 Å². The van der Waals surface area contributed by atoms with Gasteiger partial charge >= 0.3 is 0 Å². The number of halogens is 1. The summed E-state index contributed by atoms with van der Waals surface area (Å²) in [6, 6.07) is 8.13. The van der Waals surface area contributed by atoms with Crippen molar-refractivity contribution in [2.24, 2.45) is 10.9 Å². The van der Waals surface area contributed by atoms with Crippen LogP contribution in [-0.2, 0) is 36.0 Å². The number of fused-ring (bicyclic) bond motifs is 7. The molecule has 10 heteroatoms. The summed E-state index contributed by atoms with van der Waals surface area (Å²) in [5, 5.41) is 14.2. The Morgan fingerprint density at radius 1 is 1.16 bits per heavy atom. The molecule has 2 atom stereocenters. The molecule has 3 aromatic heterocycles. The predicted molar refractivity (Wildman–Crippen MR) is 149 cm³/mol. The molecule has 4 aromatic rings. The second-order valence-electron chi connectivity index (χ2n) is 10.8. The summed E-state index contributed by atoms with van der Waals surface area (Å²) < 4.78 is 2.21. The van der Waals surface area contributed by atoms with Crippen molar-refractivity contribution in [1.29, 1.82) is 0 Å². The number of rotatable bonds is 3. The molecule has 38 heavy (non-hydrogen) atoms. The maximum Gasteiger partial charge on any atom is 0.224 e. The van der Waals surface area contributed by atoms with Gasteiger partial charge in [0.15, 0.2) is 5.82 Å². The number of nitrogens with zero attached hydrogens (tertiary/aromatic N) is 5. The standard InChI is InChI=1S/C28H25ClN6OS2/c1-14-33-34-27-28(8-9-28)32-24(17-4-2-3-5-19(17)29)23-18-10-15(11-21(18)38-26(23)35(14)27)25(36)31-16-6-7-20-22(12-16)37-13-30-20/h2-5,13,15-16H,6-12H2,1H3,(H,31,36)/t15-,16?/m0/s1. The van der Waals surface area contributed by atoms with Gasteiger partial charge in [-0.15, -0.1) is 32.9 Å². The second kappa shape index (κ2) is 8.31. The monoisotopic (exact) mass is 560 g/mol. The summed E-state index contributed by atoms with van der Waals surface area (Å²) in [7, 11) is 0. The Bertz CT molecular complexity index is 1660. The molecule has 1 aromatic carbocycles. The molecule has 0 radical (unpaired) electrons. The third kappa shape index (κ3) is 3.41. The minimum Gasteiger partial charge on any atom is -0.353 e. The molecule has 3 aliphatic carbocycles. The number of benzene rings is 1. The molecule has 1 aliphatic heterocycles. The van der Waals surface area contributed by atoms with Crippen molar-refractivity contribution >= 4 is 45.9 Å². The van der Waals surface area contributed by atoms with Crippen LogP contribution in [0.3, 0.4) is 0 Å². The van der Waals surface area contributed by atoms with Crippen molar-refractivity contribution in [2.45, 2.75) is 63.5 Å². The van der Waals surface area contributed by atoms with Gasteiger partial charge in [0.25, 0.3) is 0 Å². The minimum absolute atomic E-state index is 0.0727. The second-order valence-corrected chi connectivity index (χ2v) is 13.3. The lowest BCUT2D eigenvalue weighted by Gasteiger charge is -2.24. The van der Waals surface area contributed by atoms with Crippen LogP contribution in [0.5, 0.6) is 0 Å². The molecule has 0 bridgehead atoms. The highest BCUT2D eigenvalue weighted by molar-refractivity contribution is 7.15. The van der Waals surface area contributed by atoms with Crippen LogP contribution in [-0.4, -0.2) is 37.4 Å². The molecule has 1 amide bonds. The maximum atomic E-state index is 13.5. The summed E-state index contributed by atoms with van der Waals surface area (Å²) in [5.74, 6) is 1.88. The summed E-state index contributed by atoms with van der Waals surface area (Å²) in [4.78, 5) is 25.9. The van der Waals surface area contributed by atoms with Gasteiger partial charge in [-0.3, -0.25) is 14.4 Å². The number of thiazole rings is 1. The minimum atomic E-state index is -0.354. The highest BCUT2D eigenvalue weighted by atomic mass is 35.5. The van der Waals surface area contributed by atoms with E-state index < -0.39 is 0 Å². The first kappa shape index (κ1) is 23.0. The first-order valence-corrected chi connectivity index (χ1v) is 15.2. The van der Waals surface area contributed by atoms with Crippen molar-refractivity contribution in [3.05, 3.63) is 78.6 Å². The lowest BCUT2D eigenvalue weighted by Crippen LogP contribution is -2.42. The third-order valence-electron chi connectivity index (χ3n) is 8.42. The third-order valence-corrected chi connectivity index (χ3v) is 10.9. The number of thiophene rings is 1. The highest BCUT2D eigenvalue weighted by Crippen LogP contribution is 2.54. The Morgan fingerprint density at radius 3 is 2.87 bits per heavy atom. The number of aromatic nitrogens is 4. The fraction of sp³-hybridized carbons (Fsp3) is 0.393. The number of amides is 1. The lowest BCUT2D eigenvalue weighted by atomic mass is 9.95. The van der Waals surface area contributed by atoms with E-state index in [0.29, 0.717) is 11.4 Å². The van der Waals surface area contributed by atoms with Gasteiger partial charge in [-0.05, 0) is 57.1 Å². The quantitative estimate of drug-likeness (QED) is 0.383. The summed E-state index contributed by atoms with van der Waals surface area (Å²) in [5.41, 5.74) is 6.97. The average Bonchev–Trinajstić information content (AvgIpc) is 3.25. The van der Waals surface area contributed by atoms with Crippen LogP contribution in [0.2, 0.25) is 5.02 Å². The van der Waals surface area contributed by atoms with Crippen molar-refractivity contribution in [3.63, 3.8) is 0 Å². The van der Waals surface area contributed by atoms with Gasteiger partial charge in [0.05, 0.1) is 16.9 Å². The molecular weight excluding hydrogens is 536 g/mol. The zero-order valence-corrected chi connectivity index (χ0v) is 23.2. The summed E-state index contributed by atoms with van der Waals surface area (Å²) in [6.07, 6.45) is 6.13. The molecule has 1 N–H and O–H groups in total. The van der Waals surface area contributed by atoms with Gasteiger partial charge < -0.3 is 5.32 Å². The summed E-state index contributed by atoms with van der Waals surface area (Å²) >= 11 is 10.2. The molecule has 8 rings (SSSR count). The number of carbonyl (C=O) groups is 1. The van der Waals surface area contributed by atoms with E-state index in [9.17, 15) is 4.79 Å². The molecule has 1 fully saturated rings. The van der Waals surface area contributed by atoms with E-state index in [2.05, 4.69) is 31.1 Å². The zero-order valence-electron chi connectivity index (χ0n) is 20.8. The van der Waals surface area contributed by atoms with E-state index in [1.807, 2.05) is 30.6 Å².